The summed E-state index contributed by atoms with van der Waals surface area (Å²) in [6.45, 7) is 5.21. The van der Waals surface area contributed by atoms with Crippen LogP contribution in [0.1, 0.15) is 24.4 Å². The third-order valence-corrected chi connectivity index (χ3v) is 4.75. The fraction of sp³-hybridized carbons (Fsp3) is 0.583. The average Bonchev–Trinajstić information content (AvgIpc) is 2.75. The van der Waals surface area contributed by atoms with Crippen molar-refractivity contribution in [2.75, 3.05) is 26.8 Å². The summed E-state index contributed by atoms with van der Waals surface area (Å²) >= 11 is 2.95. The fourth-order valence-corrected chi connectivity index (χ4v) is 3.73. The Kier molecular flexibility index (Phi) is 6.71. The molecule has 0 saturated heterocycles. The van der Waals surface area contributed by atoms with Gasteiger partial charge in [0.2, 0.25) is 0 Å². The molecule has 0 spiro atoms. The van der Waals surface area contributed by atoms with E-state index in [1.165, 1.54) is 0 Å². The highest BCUT2D eigenvalue weighted by atomic mass is 79.9. The molecule has 0 aliphatic heterocycles. The number of carbonyl (C=O) groups is 1. The van der Waals surface area contributed by atoms with Gasteiger partial charge in [0.25, 0.3) is 15.0 Å². The summed E-state index contributed by atoms with van der Waals surface area (Å²) in [5.74, 6) is -0.244. The zero-order chi connectivity index (χ0) is 16.2. The van der Waals surface area contributed by atoms with Gasteiger partial charge in [-0.05, 0) is 21.8 Å². The molecule has 1 aromatic rings. The third-order valence-electron chi connectivity index (χ3n) is 2.57. The Bertz CT molecular complexity index is 599. The Labute approximate surface area is 136 Å². The average molecular weight is 403 g/mol. The number of hydrogen-bond donors (Lipinski definition) is 0. The molecular weight excluding hydrogens is 386 g/mol. The molecule has 1 aromatic heterocycles. The second kappa shape index (κ2) is 7.62. The van der Waals surface area contributed by atoms with E-state index in [4.69, 9.17) is 19.8 Å². The van der Waals surface area contributed by atoms with Crippen LogP contribution in [0.2, 0.25) is 0 Å². The van der Waals surface area contributed by atoms with Crippen molar-refractivity contribution in [2.24, 2.45) is 5.92 Å². The van der Waals surface area contributed by atoms with E-state index < -0.39 is 15.0 Å². The van der Waals surface area contributed by atoms with E-state index in [-0.39, 0.29) is 21.2 Å². The van der Waals surface area contributed by atoms with Gasteiger partial charge >= 0.3 is 0 Å². The molecule has 0 atom stereocenters. The lowest BCUT2D eigenvalue weighted by molar-refractivity contribution is 0.0640. The number of amides is 1. The van der Waals surface area contributed by atoms with Crippen LogP contribution in [-0.4, -0.2) is 46.0 Å². The molecule has 120 valence electrons. The first kappa shape index (κ1) is 18.5. The van der Waals surface area contributed by atoms with E-state index in [1.807, 2.05) is 13.8 Å². The number of hydrogen-bond acceptors (Lipinski definition) is 5. The quantitative estimate of drug-likeness (QED) is 0.655. The monoisotopic (exact) mass is 401 g/mol. The van der Waals surface area contributed by atoms with Gasteiger partial charge in [0, 0.05) is 36.9 Å². The highest BCUT2D eigenvalue weighted by Gasteiger charge is 2.26. The van der Waals surface area contributed by atoms with Gasteiger partial charge in [-0.25, -0.2) is 8.42 Å². The Hall–Kier alpha value is -0.570. The molecule has 1 heterocycles. The van der Waals surface area contributed by atoms with Crippen molar-refractivity contribution in [1.29, 1.82) is 0 Å². The van der Waals surface area contributed by atoms with Crippen LogP contribution in [0, 0.1) is 5.92 Å². The first-order valence-electron chi connectivity index (χ1n) is 6.19. The molecule has 0 aliphatic carbocycles. The maximum atomic E-state index is 12.4. The van der Waals surface area contributed by atoms with Crippen LogP contribution in [0.15, 0.2) is 20.0 Å². The lowest BCUT2D eigenvalue weighted by Crippen LogP contribution is -2.36. The van der Waals surface area contributed by atoms with Gasteiger partial charge in [0.15, 0.2) is 10.4 Å². The molecule has 6 nitrogen and oxygen atoms in total. The van der Waals surface area contributed by atoms with E-state index in [9.17, 15) is 13.2 Å². The number of halogens is 2. The summed E-state index contributed by atoms with van der Waals surface area (Å²) < 4.78 is 32.7. The minimum atomic E-state index is -3.98. The molecule has 0 aromatic carbocycles. The molecule has 21 heavy (non-hydrogen) atoms. The minimum absolute atomic E-state index is 0.0853. The van der Waals surface area contributed by atoms with Gasteiger partial charge in [0.1, 0.15) is 4.90 Å². The zero-order valence-corrected chi connectivity index (χ0v) is 15.1. The molecule has 0 bridgehead atoms. The lowest BCUT2D eigenvalue weighted by Gasteiger charge is -2.23. The first-order valence-corrected chi connectivity index (χ1v) is 9.29. The van der Waals surface area contributed by atoms with Gasteiger partial charge in [-0.3, -0.25) is 4.79 Å². The number of rotatable bonds is 7. The van der Waals surface area contributed by atoms with E-state index in [0.717, 1.165) is 6.07 Å². The van der Waals surface area contributed by atoms with Crippen molar-refractivity contribution in [1.82, 2.24) is 4.90 Å². The van der Waals surface area contributed by atoms with E-state index in [0.29, 0.717) is 19.7 Å². The largest absolute Gasteiger partial charge is 0.443 e. The van der Waals surface area contributed by atoms with E-state index in [1.54, 1.807) is 12.0 Å². The summed E-state index contributed by atoms with van der Waals surface area (Å²) in [6.07, 6.45) is 0. The van der Waals surface area contributed by atoms with Crippen molar-refractivity contribution in [3.05, 3.63) is 16.5 Å². The maximum Gasteiger partial charge on any atom is 0.289 e. The van der Waals surface area contributed by atoms with Crippen LogP contribution in [0.4, 0.5) is 0 Å². The Morgan fingerprint density at radius 1 is 1.52 bits per heavy atom. The van der Waals surface area contributed by atoms with E-state index in [2.05, 4.69) is 15.9 Å². The van der Waals surface area contributed by atoms with Crippen molar-refractivity contribution in [3.8, 4) is 0 Å². The number of ether oxygens (including phenoxy) is 1. The molecule has 1 rings (SSSR count). The van der Waals surface area contributed by atoms with Gasteiger partial charge in [-0.15, -0.1) is 0 Å². The molecule has 9 heteroatoms. The van der Waals surface area contributed by atoms with Crippen molar-refractivity contribution < 1.29 is 22.4 Å². The van der Waals surface area contributed by atoms with Crippen LogP contribution >= 0.6 is 26.6 Å². The van der Waals surface area contributed by atoms with Crippen molar-refractivity contribution >= 4 is 41.6 Å². The smallest absolute Gasteiger partial charge is 0.289 e. The summed E-state index contributed by atoms with van der Waals surface area (Å²) in [4.78, 5) is 13.7. The van der Waals surface area contributed by atoms with Crippen LogP contribution in [0.3, 0.4) is 0 Å². The van der Waals surface area contributed by atoms with Gasteiger partial charge in [0.05, 0.1) is 6.61 Å². The summed E-state index contributed by atoms with van der Waals surface area (Å²) in [6, 6.07) is 1.12. The Morgan fingerprint density at radius 2 is 2.14 bits per heavy atom. The third kappa shape index (κ3) is 5.28. The summed E-state index contributed by atoms with van der Waals surface area (Å²) in [5, 5.41) is 0. The number of methoxy groups -OCH3 is 1. The molecule has 0 aliphatic rings. The predicted octanol–water partition coefficient (Wildman–Crippen LogP) is 2.71. The normalized spacial score (nSPS) is 11.9. The number of nitrogens with zero attached hydrogens (tertiary/aromatic N) is 1. The van der Waals surface area contributed by atoms with Crippen molar-refractivity contribution in [3.63, 3.8) is 0 Å². The van der Waals surface area contributed by atoms with Crippen molar-refractivity contribution in [2.45, 2.75) is 18.7 Å². The number of furan rings is 1. The molecule has 0 unspecified atom stereocenters. The zero-order valence-electron chi connectivity index (χ0n) is 11.9. The summed E-state index contributed by atoms with van der Waals surface area (Å²) in [5.41, 5.74) is 0. The molecule has 0 radical (unpaired) electrons. The van der Waals surface area contributed by atoms with Crippen LogP contribution < -0.4 is 0 Å². The Balaban J connectivity index is 3.03. The molecule has 1 amide bonds. The predicted molar refractivity (Wildman–Crippen MR) is 82.1 cm³/mol. The topological polar surface area (TPSA) is 76.8 Å². The summed E-state index contributed by atoms with van der Waals surface area (Å²) in [7, 11) is 2.83. The fourth-order valence-electron chi connectivity index (χ4n) is 1.70. The minimum Gasteiger partial charge on any atom is -0.443 e. The molecule has 0 N–H and O–H groups in total. The highest BCUT2D eigenvalue weighted by Crippen LogP contribution is 2.29. The van der Waals surface area contributed by atoms with Gasteiger partial charge < -0.3 is 14.1 Å². The second-order valence-electron chi connectivity index (χ2n) is 4.82. The Morgan fingerprint density at radius 3 is 2.57 bits per heavy atom. The molecule has 0 fully saturated rings. The first-order chi connectivity index (χ1) is 9.66. The van der Waals surface area contributed by atoms with Gasteiger partial charge in [-0.1, -0.05) is 13.8 Å². The van der Waals surface area contributed by atoms with Crippen LogP contribution in [-0.2, 0) is 13.8 Å². The SMILES string of the molecule is COCCN(CC(C)C)C(=O)c1cc(S(=O)(=O)Cl)c(Br)o1. The van der Waals surface area contributed by atoms with E-state index >= 15 is 0 Å². The standard InChI is InChI=1S/C12H17BrClNO5S/c1-8(2)7-15(4-5-19-3)12(16)9-6-10(11(13)20-9)21(14,17)18/h6,8H,4-5,7H2,1-3H3. The highest BCUT2D eigenvalue weighted by molar-refractivity contribution is 9.10. The van der Waals surface area contributed by atoms with Crippen LogP contribution in [0.25, 0.3) is 0 Å². The second-order valence-corrected chi connectivity index (χ2v) is 8.08. The van der Waals surface area contributed by atoms with Gasteiger partial charge in [-0.2, -0.15) is 0 Å². The molecular formula is C12H17BrClNO5S. The molecule has 0 saturated carbocycles. The van der Waals surface area contributed by atoms with Crippen LogP contribution in [0.5, 0.6) is 0 Å². The lowest BCUT2D eigenvalue weighted by atomic mass is 10.2. The number of carbonyl (C=O) groups excluding carboxylic acids is 1. The maximum absolute atomic E-state index is 12.4.